The van der Waals surface area contributed by atoms with Gasteiger partial charge in [-0.25, -0.2) is 0 Å². The molecule has 0 unspecified atom stereocenters. The number of hydrogen-bond acceptors (Lipinski definition) is 4. The summed E-state index contributed by atoms with van der Waals surface area (Å²) in [5, 5.41) is 11.0. The van der Waals surface area contributed by atoms with Crippen LogP contribution in [0.5, 0.6) is 5.75 Å². The predicted molar refractivity (Wildman–Crippen MR) is 84.7 cm³/mol. The van der Waals surface area contributed by atoms with Gasteiger partial charge in [0.25, 0.3) is 5.69 Å². The maximum Gasteiger partial charge on any atom is 0.277 e. The Morgan fingerprint density at radius 2 is 2.00 bits per heavy atom. The van der Waals surface area contributed by atoms with E-state index in [-0.39, 0.29) is 12.3 Å². The fourth-order valence-electron chi connectivity index (χ4n) is 1.75. The van der Waals surface area contributed by atoms with Crippen molar-refractivity contribution in [2.45, 2.75) is 6.61 Å². The summed E-state index contributed by atoms with van der Waals surface area (Å²) in [6.45, 7) is -0.00690. The fourth-order valence-corrected chi connectivity index (χ4v) is 2.59. The van der Waals surface area contributed by atoms with E-state index in [9.17, 15) is 14.9 Å². The molecule has 21 heavy (non-hydrogen) atoms. The van der Waals surface area contributed by atoms with Gasteiger partial charge in [0.15, 0.2) is 6.29 Å². The second-order valence-electron chi connectivity index (χ2n) is 4.09. The maximum absolute atomic E-state index is 11.0. The molecule has 7 heteroatoms. The fraction of sp³-hybridized carbons (Fsp3) is 0.0714. The van der Waals surface area contributed by atoms with E-state index in [0.29, 0.717) is 32.1 Å². The van der Waals surface area contributed by atoms with E-state index in [1.807, 2.05) is 0 Å². The molecule has 0 aliphatic rings. The van der Waals surface area contributed by atoms with Crippen molar-refractivity contribution in [1.29, 1.82) is 0 Å². The Morgan fingerprint density at radius 3 is 2.67 bits per heavy atom. The molecule has 0 heterocycles. The topological polar surface area (TPSA) is 69.4 Å². The van der Waals surface area contributed by atoms with Crippen LogP contribution in [0.2, 0.25) is 0 Å². The molecule has 0 atom stereocenters. The molecule has 0 saturated carbocycles. The number of ether oxygens (including phenoxy) is 1. The number of rotatable bonds is 5. The number of para-hydroxylation sites is 1. The highest BCUT2D eigenvalue weighted by Gasteiger charge is 2.16. The standard InChI is InChI=1S/C14H9Br2NO4/c15-11-5-4-10(13(6-11)17(19)20)8-21-14-9(7-18)2-1-3-12(14)16/h1-7H,8H2. The van der Waals surface area contributed by atoms with Crippen LogP contribution in [0, 0.1) is 10.1 Å². The Balaban J connectivity index is 2.29. The summed E-state index contributed by atoms with van der Waals surface area (Å²) in [4.78, 5) is 21.6. The zero-order valence-electron chi connectivity index (χ0n) is 10.6. The van der Waals surface area contributed by atoms with E-state index in [0.717, 1.165) is 0 Å². The SMILES string of the molecule is O=Cc1cccc(Br)c1OCc1ccc(Br)cc1[N+](=O)[O-]. The average molecular weight is 415 g/mol. The van der Waals surface area contributed by atoms with Crippen LogP contribution in [0.4, 0.5) is 5.69 Å². The van der Waals surface area contributed by atoms with Crippen molar-refractivity contribution in [2.75, 3.05) is 0 Å². The molecular weight excluding hydrogens is 406 g/mol. The summed E-state index contributed by atoms with van der Waals surface area (Å²) in [6, 6.07) is 9.79. The molecule has 5 nitrogen and oxygen atoms in total. The van der Waals surface area contributed by atoms with Gasteiger partial charge in [0, 0.05) is 10.5 Å². The summed E-state index contributed by atoms with van der Waals surface area (Å²) in [5.41, 5.74) is 0.768. The van der Waals surface area contributed by atoms with Gasteiger partial charge < -0.3 is 4.74 Å². The van der Waals surface area contributed by atoms with Gasteiger partial charge >= 0.3 is 0 Å². The van der Waals surface area contributed by atoms with Gasteiger partial charge in [-0.05, 0) is 40.2 Å². The first kappa shape index (κ1) is 15.7. The molecule has 0 bridgehead atoms. The highest BCUT2D eigenvalue weighted by Crippen LogP contribution is 2.30. The van der Waals surface area contributed by atoms with Crippen molar-refractivity contribution < 1.29 is 14.5 Å². The molecule has 0 fully saturated rings. The minimum Gasteiger partial charge on any atom is -0.487 e. The van der Waals surface area contributed by atoms with Crippen molar-refractivity contribution in [3.63, 3.8) is 0 Å². The van der Waals surface area contributed by atoms with Crippen LogP contribution in [-0.2, 0) is 6.61 Å². The largest absolute Gasteiger partial charge is 0.487 e. The first-order valence-electron chi connectivity index (χ1n) is 5.82. The van der Waals surface area contributed by atoms with Gasteiger partial charge in [0.2, 0.25) is 0 Å². The smallest absolute Gasteiger partial charge is 0.277 e. The number of aldehydes is 1. The third-order valence-electron chi connectivity index (χ3n) is 2.74. The van der Waals surface area contributed by atoms with Gasteiger partial charge in [0.1, 0.15) is 12.4 Å². The van der Waals surface area contributed by atoms with E-state index in [4.69, 9.17) is 4.74 Å². The van der Waals surface area contributed by atoms with Crippen molar-refractivity contribution in [3.05, 3.63) is 66.6 Å². The number of nitrogens with zero attached hydrogens (tertiary/aromatic N) is 1. The molecule has 0 saturated heterocycles. The quantitative estimate of drug-likeness (QED) is 0.410. The van der Waals surface area contributed by atoms with E-state index in [2.05, 4.69) is 31.9 Å². The van der Waals surface area contributed by atoms with Gasteiger partial charge in [-0.15, -0.1) is 0 Å². The second-order valence-corrected chi connectivity index (χ2v) is 5.86. The van der Waals surface area contributed by atoms with Gasteiger partial charge in [-0.3, -0.25) is 14.9 Å². The molecule has 2 aromatic carbocycles. The molecule has 0 radical (unpaired) electrons. The first-order chi connectivity index (χ1) is 10.0. The summed E-state index contributed by atoms with van der Waals surface area (Å²) in [5.74, 6) is 0.365. The second kappa shape index (κ2) is 6.82. The van der Waals surface area contributed by atoms with Gasteiger partial charge in [0.05, 0.1) is 20.5 Å². The average Bonchev–Trinajstić information content (AvgIpc) is 2.46. The Kier molecular flexibility index (Phi) is 5.08. The molecular formula is C14H9Br2NO4. The zero-order valence-corrected chi connectivity index (χ0v) is 13.8. The summed E-state index contributed by atoms with van der Waals surface area (Å²) in [7, 11) is 0. The number of nitro groups is 1. The molecule has 0 spiro atoms. The van der Waals surface area contributed by atoms with Crippen LogP contribution >= 0.6 is 31.9 Å². The monoisotopic (exact) mass is 413 g/mol. The van der Waals surface area contributed by atoms with Crippen molar-refractivity contribution in [2.24, 2.45) is 0 Å². The lowest BCUT2D eigenvalue weighted by molar-refractivity contribution is -0.385. The van der Waals surface area contributed by atoms with Gasteiger partial charge in [-0.2, -0.15) is 0 Å². The molecule has 2 aromatic rings. The van der Waals surface area contributed by atoms with E-state index in [1.54, 1.807) is 30.3 Å². The van der Waals surface area contributed by atoms with E-state index >= 15 is 0 Å². The Hall–Kier alpha value is -1.73. The number of carbonyl (C=O) groups is 1. The molecule has 0 N–H and O–H groups in total. The first-order valence-corrected chi connectivity index (χ1v) is 7.41. The summed E-state index contributed by atoms with van der Waals surface area (Å²) >= 11 is 6.49. The van der Waals surface area contributed by atoms with Crippen molar-refractivity contribution in [3.8, 4) is 5.75 Å². The highest BCUT2D eigenvalue weighted by molar-refractivity contribution is 9.10. The molecule has 2 rings (SSSR count). The summed E-state index contributed by atoms with van der Waals surface area (Å²) in [6.07, 6.45) is 0.677. The molecule has 108 valence electrons. The number of hydrogen-bond donors (Lipinski definition) is 0. The molecule has 0 aliphatic carbocycles. The van der Waals surface area contributed by atoms with Crippen LogP contribution in [0.15, 0.2) is 45.3 Å². The predicted octanol–water partition coefficient (Wildman–Crippen LogP) is 4.51. The third-order valence-corrected chi connectivity index (χ3v) is 3.86. The normalized spacial score (nSPS) is 10.2. The Morgan fingerprint density at radius 1 is 1.24 bits per heavy atom. The van der Waals surface area contributed by atoms with Crippen molar-refractivity contribution >= 4 is 43.8 Å². The lowest BCUT2D eigenvalue weighted by atomic mass is 10.2. The van der Waals surface area contributed by atoms with Crippen molar-refractivity contribution in [1.82, 2.24) is 0 Å². The van der Waals surface area contributed by atoms with Crippen LogP contribution in [0.1, 0.15) is 15.9 Å². The molecule has 0 aliphatic heterocycles. The lowest BCUT2D eigenvalue weighted by Crippen LogP contribution is -2.02. The number of carbonyl (C=O) groups excluding carboxylic acids is 1. The molecule has 0 amide bonds. The highest BCUT2D eigenvalue weighted by atomic mass is 79.9. The number of halogens is 2. The summed E-state index contributed by atoms with van der Waals surface area (Å²) < 4.78 is 6.81. The number of nitro benzene ring substituents is 1. The van der Waals surface area contributed by atoms with Crippen LogP contribution in [-0.4, -0.2) is 11.2 Å². The minimum atomic E-state index is -0.468. The number of benzene rings is 2. The third kappa shape index (κ3) is 3.68. The zero-order chi connectivity index (χ0) is 15.4. The van der Waals surface area contributed by atoms with Crippen LogP contribution in [0.25, 0.3) is 0 Å². The van der Waals surface area contributed by atoms with E-state index < -0.39 is 4.92 Å². The van der Waals surface area contributed by atoms with E-state index in [1.165, 1.54) is 6.07 Å². The van der Waals surface area contributed by atoms with Crippen LogP contribution in [0.3, 0.4) is 0 Å². The minimum absolute atomic E-state index is 0.00690. The Bertz CT molecular complexity index is 703. The molecule has 0 aromatic heterocycles. The lowest BCUT2D eigenvalue weighted by Gasteiger charge is -2.10. The Labute approximate surface area is 137 Å². The maximum atomic E-state index is 11.0. The van der Waals surface area contributed by atoms with Gasteiger partial charge in [-0.1, -0.05) is 22.0 Å². The van der Waals surface area contributed by atoms with Crippen LogP contribution < -0.4 is 4.74 Å².